The molecule has 2 nitrogen and oxygen atoms in total. The van der Waals surface area contributed by atoms with Crippen molar-refractivity contribution in [2.24, 2.45) is 11.7 Å². The molecule has 2 atom stereocenters. The van der Waals surface area contributed by atoms with Crippen LogP contribution in [0.25, 0.3) is 0 Å². The zero-order chi connectivity index (χ0) is 8.11. The Morgan fingerprint density at radius 3 is 2.55 bits per heavy atom. The largest absolute Gasteiger partial charge is 0.368 e. The minimum Gasteiger partial charge on any atom is -0.368 e. The first kappa shape index (κ1) is 7.56. The number of fused-ring (bicyclic) bond motifs is 2. The molecule has 1 aliphatic heterocycles. The second-order valence-corrected chi connectivity index (χ2v) is 4.53. The van der Waals surface area contributed by atoms with E-state index in [2.05, 4.69) is 13.8 Å². The third-order valence-electron chi connectivity index (χ3n) is 3.40. The van der Waals surface area contributed by atoms with Crippen molar-refractivity contribution in [2.75, 3.05) is 6.54 Å². The lowest BCUT2D eigenvalue weighted by Gasteiger charge is -2.35. The maximum absolute atomic E-state index is 5.96. The van der Waals surface area contributed by atoms with E-state index in [4.69, 9.17) is 10.5 Å². The van der Waals surface area contributed by atoms with Gasteiger partial charge in [-0.2, -0.15) is 0 Å². The Balaban J connectivity index is 2.21. The molecule has 64 valence electrons. The van der Waals surface area contributed by atoms with Gasteiger partial charge in [-0.25, -0.2) is 0 Å². The van der Waals surface area contributed by atoms with Gasteiger partial charge < -0.3 is 10.5 Å². The summed E-state index contributed by atoms with van der Waals surface area (Å²) in [4.78, 5) is 0. The Morgan fingerprint density at radius 2 is 2.27 bits per heavy atom. The molecule has 0 aromatic rings. The lowest BCUT2D eigenvalue weighted by atomic mass is 9.91. The lowest BCUT2D eigenvalue weighted by Crippen LogP contribution is -2.41. The third kappa shape index (κ3) is 0.926. The summed E-state index contributed by atoms with van der Waals surface area (Å²) in [5, 5.41) is 0. The molecule has 11 heavy (non-hydrogen) atoms. The summed E-state index contributed by atoms with van der Waals surface area (Å²) < 4.78 is 5.96. The third-order valence-corrected chi connectivity index (χ3v) is 3.40. The highest BCUT2D eigenvalue weighted by molar-refractivity contribution is 5.05. The first-order valence-corrected chi connectivity index (χ1v) is 4.48. The van der Waals surface area contributed by atoms with Crippen molar-refractivity contribution in [3.8, 4) is 0 Å². The van der Waals surface area contributed by atoms with Crippen LogP contribution in [0.5, 0.6) is 0 Å². The Labute approximate surface area is 68.1 Å². The van der Waals surface area contributed by atoms with E-state index < -0.39 is 0 Å². The molecule has 2 unspecified atom stereocenters. The van der Waals surface area contributed by atoms with Gasteiger partial charge in [-0.1, -0.05) is 0 Å². The number of hydrogen-bond donors (Lipinski definition) is 1. The average Bonchev–Trinajstić information content (AvgIpc) is 2.42. The highest BCUT2D eigenvalue weighted by Crippen LogP contribution is 2.52. The predicted molar refractivity (Wildman–Crippen MR) is 44.3 cm³/mol. The quantitative estimate of drug-likeness (QED) is 0.619. The molecule has 2 fully saturated rings. The summed E-state index contributed by atoms with van der Waals surface area (Å²) in [6.07, 6.45) is 3.68. The van der Waals surface area contributed by atoms with Crippen LogP contribution in [0.15, 0.2) is 0 Å². The number of hydrogen-bond acceptors (Lipinski definition) is 2. The normalized spacial score (nSPS) is 46.6. The zero-order valence-electron chi connectivity index (χ0n) is 7.39. The highest BCUT2D eigenvalue weighted by atomic mass is 16.5. The standard InChI is InChI=1S/C9H17NO/c1-8(2)7-3-4-9(5-7,6-10)11-8/h7H,3-6,10H2,1-2H3. The number of ether oxygens (including phenoxy) is 1. The molecule has 0 aromatic heterocycles. The monoisotopic (exact) mass is 155 g/mol. The van der Waals surface area contributed by atoms with Gasteiger partial charge in [0.1, 0.15) is 0 Å². The van der Waals surface area contributed by atoms with Crippen molar-refractivity contribution in [2.45, 2.75) is 44.3 Å². The fourth-order valence-electron chi connectivity index (χ4n) is 2.64. The lowest BCUT2D eigenvalue weighted by molar-refractivity contribution is -0.115. The summed E-state index contributed by atoms with van der Waals surface area (Å²) in [7, 11) is 0. The Morgan fingerprint density at radius 1 is 1.55 bits per heavy atom. The maximum atomic E-state index is 5.96. The molecule has 2 heteroatoms. The van der Waals surface area contributed by atoms with Crippen LogP contribution in [0.1, 0.15) is 33.1 Å². The van der Waals surface area contributed by atoms with Crippen LogP contribution in [0.4, 0.5) is 0 Å². The van der Waals surface area contributed by atoms with Gasteiger partial charge in [-0.3, -0.25) is 0 Å². The van der Waals surface area contributed by atoms with Crippen LogP contribution < -0.4 is 5.73 Å². The van der Waals surface area contributed by atoms with E-state index in [-0.39, 0.29) is 11.2 Å². The van der Waals surface area contributed by atoms with Gasteiger partial charge in [-0.05, 0) is 39.0 Å². The molecule has 2 bridgehead atoms. The van der Waals surface area contributed by atoms with Gasteiger partial charge in [-0.15, -0.1) is 0 Å². The molecule has 0 amide bonds. The molecule has 1 aliphatic carbocycles. The van der Waals surface area contributed by atoms with E-state index >= 15 is 0 Å². The second-order valence-electron chi connectivity index (χ2n) is 4.53. The minimum absolute atomic E-state index is 0.0637. The van der Waals surface area contributed by atoms with Crippen LogP contribution in [0, 0.1) is 5.92 Å². The van der Waals surface area contributed by atoms with E-state index in [1.54, 1.807) is 0 Å². The first-order valence-electron chi connectivity index (χ1n) is 4.48. The van der Waals surface area contributed by atoms with Crippen molar-refractivity contribution in [1.29, 1.82) is 0 Å². The van der Waals surface area contributed by atoms with E-state index in [1.807, 2.05) is 0 Å². The summed E-state index contributed by atoms with van der Waals surface area (Å²) in [5.41, 5.74) is 5.86. The fourth-order valence-corrected chi connectivity index (χ4v) is 2.64. The SMILES string of the molecule is CC1(C)OC2(CN)CCC1C2. The van der Waals surface area contributed by atoms with Gasteiger partial charge in [0, 0.05) is 6.54 Å². The van der Waals surface area contributed by atoms with Crippen LogP contribution in [-0.2, 0) is 4.74 Å². The van der Waals surface area contributed by atoms with E-state index in [0.717, 1.165) is 5.92 Å². The summed E-state index contributed by atoms with van der Waals surface area (Å²) in [6.45, 7) is 5.08. The molecule has 2 N–H and O–H groups in total. The number of rotatable bonds is 1. The van der Waals surface area contributed by atoms with E-state index in [0.29, 0.717) is 6.54 Å². The van der Waals surface area contributed by atoms with Crippen molar-refractivity contribution >= 4 is 0 Å². The van der Waals surface area contributed by atoms with Crippen molar-refractivity contribution in [3.05, 3.63) is 0 Å². The molecule has 0 spiro atoms. The van der Waals surface area contributed by atoms with Crippen LogP contribution in [0.3, 0.4) is 0 Å². The van der Waals surface area contributed by atoms with Gasteiger partial charge >= 0.3 is 0 Å². The zero-order valence-corrected chi connectivity index (χ0v) is 7.39. The topological polar surface area (TPSA) is 35.2 Å². The maximum Gasteiger partial charge on any atom is 0.0815 e. The Kier molecular flexibility index (Phi) is 1.37. The minimum atomic E-state index is 0.0637. The molecule has 0 radical (unpaired) electrons. The molecular weight excluding hydrogens is 138 g/mol. The van der Waals surface area contributed by atoms with E-state index in [9.17, 15) is 0 Å². The van der Waals surface area contributed by atoms with E-state index in [1.165, 1.54) is 19.3 Å². The first-order chi connectivity index (χ1) is 5.08. The summed E-state index contributed by atoms with van der Waals surface area (Å²) in [6, 6.07) is 0. The number of nitrogens with two attached hydrogens (primary N) is 1. The molecule has 2 rings (SSSR count). The molecule has 1 saturated heterocycles. The Bertz CT molecular complexity index is 178. The van der Waals surface area contributed by atoms with Gasteiger partial charge in [0.2, 0.25) is 0 Å². The second kappa shape index (κ2) is 1.99. The van der Waals surface area contributed by atoms with Crippen molar-refractivity contribution in [3.63, 3.8) is 0 Å². The fraction of sp³-hybridized carbons (Fsp3) is 1.00. The van der Waals surface area contributed by atoms with Crippen LogP contribution in [0.2, 0.25) is 0 Å². The summed E-state index contributed by atoms with van der Waals surface area (Å²) in [5.74, 6) is 0.756. The average molecular weight is 155 g/mol. The molecule has 0 aromatic carbocycles. The molecular formula is C9H17NO. The molecule has 2 aliphatic rings. The van der Waals surface area contributed by atoms with Gasteiger partial charge in [0.25, 0.3) is 0 Å². The van der Waals surface area contributed by atoms with Crippen molar-refractivity contribution in [1.82, 2.24) is 0 Å². The molecule has 1 heterocycles. The van der Waals surface area contributed by atoms with Gasteiger partial charge in [0.05, 0.1) is 11.2 Å². The smallest absolute Gasteiger partial charge is 0.0815 e. The molecule has 1 saturated carbocycles. The summed E-state index contributed by atoms with van der Waals surface area (Å²) >= 11 is 0. The highest BCUT2D eigenvalue weighted by Gasteiger charge is 2.54. The van der Waals surface area contributed by atoms with Crippen LogP contribution >= 0.6 is 0 Å². The van der Waals surface area contributed by atoms with Gasteiger partial charge in [0.15, 0.2) is 0 Å². The van der Waals surface area contributed by atoms with Crippen molar-refractivity contribution < 1.29 is 4.74 Å². The Hall–Kier alpha value is -0.0800. The predicted octanol–water partition coefficient (Wildman–Crippen LogP) is 1.29. The van der Waals surface area contributed by atoms with Crippen LogP contribution in [-0.4, -0.2) is 17.7 Å².